The Morgan fingerprint density at radius 1 is 1.33 bits per heavy atom. The number of piperazine rings is 1. The summed E-state index contributed by atoms with van der Waals surface area (Å²) < 4.78 is 25.7. The van der Waals surface area contributed by atoms with Crippen LogP contribution in [0.15, 0.2) is 29.2 Å². The van der Waals surface area contributed by atoms with Gasteiger partial charge in [-0.15, -0.1) is 0 Å². The molecule has 3 N–H and O–H groups in total. The zero-order valence-corrected chi connectivity index (χ0v) is 12.7. The monoisotopic (exact) mass is 312 g/mol. The molecule has 1 fully saturated rings. The number of sulfonamides is 1. The summed E-state index contributed by atoms with van der Waals surface area (Å²) in [7, 11) is -2.15. The molecule has 1 aromatic rings. The van der Waals surface area contributed by atoms with Crippen molar-refractivity contribution in [3.8, 4) is 0 Å². The number of nitrogens with one attached hydrogen (secondary N) is 3. The number of rotatable bonds is 5. The van der Waals surface area contributed by atoms with Gasteiger partial charge in [-0.2, -0.15) is 0 Å². The molecule has 0 atom stereocenters. The molecule has 0 saturated carbocycles. The lowest BCUT2D eigenvalue weighted by atomic mass is 10.3. The second-order valence-electron chi connectivity index (χ2n) is 4.81. The average molecular weight is 312 g/mol. The fourth-order valence-electron chi connectivity index (χ4n) is 2.13. The highest BCUT2D eigenvalue weighted by atomic mass is 32.2. The van der Waals surface area contributed by atoms with Gasteiger partial charge in [-0.05, 0) is 25.2 Å². The number of carbonyl (C=O) groups excluding carboxylic acids is 1. The first-order chi connectivity index (χ1) is 10.0. The summed E-state index contributed by atoms with van der Waals surface area (Å²) in [6, 6.07) is 6.20. The van der Waals surface area contributed by atoms with Crippen molar-refractivity contribution < 1.29 is 13.2 Å². The van der Waals surface area contributed by atoms with Gasteiger partial charge in [0.05, 0.1) is 11.4 Å². The molecule has 1 aliphatic heterocycles. The Bertz CT molecular complexity index is 597. The molecule has 1 heterocycles. The zero-order valence-electron chi connectivity index (χ0n) is 11.9. The van der Waals surface area contributed by atoms with Crippen molar-refractivity contribution in [2.24, 2.45) is 0 Å². The smallest absolute Gasteiger partial charge is 0.240 e. The largest absolute Gasteiger partial charge is 0.325 e. The van der Waals surface area contributed by atoms with Gasteiger partial charge < -0.3 is 10.6 Å². The first kappa shape index (κ1) is 15.9. The maximum absolute atomic E-state index is 12.0. The standard InChI is InChI=1S/C13H20N4O3S/c1-14-21(19,20)12-4-2-3-11(9-12)16-13(18)10-17-7-5-15-6-8-17/h2-4,9,14-15H,5-8,10H2,1H3,(H,16,18). The number of hydrogen-bond donors (Lipinski definition) is 3. The Hall–Kier alpha value is -1.48. The summed E-state index contributed by atoms with van der Waals surface area (Å²) >= 11 is 0. The molecule has 1 amide bonds. The summed E-state index contributed by atoms with van der Waals surface area (Å²) in [4.78, 5) is 14.2. The van der Waals surface area contributed by atoms with E-state index in [-0.39, 0.29) is 10.8 Å². The second kappa shape index (κ2) is 6.99. The second-order valence-corrected chi connectivity index (χ2v) is 6.70. The lowest BCUT2D eigenvalue weighted by Gasteiger charge is -2.26. The number of amides is 1. The van der Waals surface area contributed by atoms with Crippen LogP contribution in [-0.2, 0) is 14.8 Å². The summed E-state index contributed by atoms with van der Waals surface area (Å²) in [5.74, 6) is -0.143. The number of carbonyl (C=O) groups is 1. The minimum atomic E-state index is -3.50. The van der Waals surface area contributed by atoms with Gasteiger partial charge in [0.1, 0.15) is 0 Å². The molecule has 0 unspecified atom stereocenters. The highest BCUT2D eigenvalue weighted by Gasteiger charge is 2.15. The molecule has 0 radical (unpaired) electrons. The number of anilines is 1. The molecule has 1 saturated heterocycles. The zero-order chi connectivity index (χ0) is 15.3. The highest BCUT2D eigenvalue weighted by molar-refractivity contribution is 7.89. The SMILES string of the molecule is CNS(=O)(=O)c1cccc(NC(=O)CN2CCNCC2)c1. The predicted octanol–water partition coefficient (Wildman–Crippen LogP) is -0.562. The lowest BCUT2D eigenvalue weighted by molar-refractivity contribution is -0.117. The van der Waals surface area contributed by atoms with E-state index in [2.05, 4.69) is 20.3 Å². The fourth-order valence-corrected chi connectivity index (χ4v) is 2.91. The molecular weight excluding hydrogens is 292 g/mol. The van der Waals surface area contributed by atoms with Gasteiger partial charge >= 0.3 is 0 Å². The summed E-state index contributed by atoms with van der Waals surface area (Å²) in [5, 5.41) is 5.95. The lowest BCUT2D eigenvalue weighted by Crippen LogP contribution is -2.46. The van der Waals surface area contributed by atoms with Gasteiger partial charge in [0.15, 0.2) is 0 Å². The Labute approximate surface area is 124 Å². The van der Waals surface area contributed by atoms with Gasteiger partial charge in [-0.25, -0.2) is 13.1 Å². The van der Waals surface area contributed by atoms with E-state index < -0.39 is 10.0 Å². The maximum atomic E-state index is 12.0. The summed E-state index contributed by atoms with van der Waals surface area (Å²) in [5.41, 5.74) is 0.478. The molecule has 0 spiro atoms. The molecule has 2 rings (SSSR count). The van der Waals surface area contributed by atoms with Crippen molar-refractivity contribution in [2.45, 2.75) is 4.90 Å². The molecular formula is C13H20N4O3S. The third-order valence-corrected chi connectivity index (χ3v) is 4.69. The van der Waals surface area contributed by atoms with Gasteiger partial charge in [0.2, 0.25) is 15.9 Å². The maximum Gasteiger partial charge on any atom is 0.240 e. The van der Waals surface area contributed by atoms with E-state index in [4.69, 9.17) is 0 Å². The molecule has 116 valence electrons. The van der Waals surface area contributed by atoms with Crippen LogP contribution in [0.3, 0.4) is 0 Å². The highest BCUT2D eigenvalue weighted by Crippen LogP contribution is 2.15. The van der Waals surface area contributed by atoms with Gasteiger partial charge in [0.25, 0.3) is 0 Å². The Morgan fingerprint density at radius 3 is 2.71 bits per heavy atom. The van der Waals surface area contributed by atoms with Crippen LogP contribution in [0.2, 0.25) is 0 Å². The number of hydrogen-bond acceptors (Lipinski definition) is 5. The Morgan fingerprint density at radius 2 is 2.05 bits per heavy atom. The molecule has 1 aliphatic rings. The van der Waals surface area contributed by atoms with Gasteiger partial charge in [-0.1, -0.05) is 6.07 Å². The third-order valence-electron chi connectivity index (χ3n) is 3.27. The predicted molar refractivity (Wildman–Crippen MR) is 80.6 cm³/mol. The quantitative estimate of drug-likeness (QED) is 0.678. The van der Waals surface area contributed by atoms with Crippen molar-refractivity contribution >= 4 is 21.6 Å². The first-order valence-electron chi connectivity index (χ1n) is 6.78. The first-order valence-corrected chi connectivity index (χ1v) is 8.26. The van der Waals surface area contributed by atoms with Crippen molar-refractivity contribution in [1.29, 1.82) is 0 Å². The average Bonchev–Trinajstić information content (AvgIpc) is 2.48. The fraction of sp³-hybridized carbons (Fsp3) is 0.462. The summed E-state index contributed by atoms with van der Waals surface area (Å²) in [6.07, 6.45) is 0. The van der Waals surface area contributed by atoms with Crippen LogP contribution in [0.4, 0.5) is 5.69 Å². The van der Waals surface area contributed by atoms with Crippen LogP contribution >= 0.6 is 0 Å². The molecule has 7 nitrogen and oxygen atoms in total. The van der Waals surface area contributed by atoms with Crippen LogP contribution in [0.1, 0.15) is 0 Å². The van der Waals surface area contributed by atoms with E-state index in [0.29, 0.717) is 12.2 Å². The van der Waals surface area contributed by atoms with Crippen molar-refractivity contribution in [1.82, 2.24) is 14.9 Å². The third kappa shape index (κ3) is 4.50. The number of nitrogens with zero attached hydrogens (tertiary/aromatic N) is 1. The van der Waals surface area contributed by atoms with Crippen LogP contribution in [0.25, 0.3) is 0 Å². The molecule has 8 heteroatoms. The van der Waals surface area contributed by atoms with Crippen LogP contribution in [-0.4, -0.2) is 59.0 Å². The van der Waals surface area contributed by atoms with E-state index in [1.165, 1.54) is 19.2 Å². The van der Waals surface area contributed by atoms with Crippen LogP contribution in [0, 0.1) is 0 Å². The van der Waals surface area contributed by atoms with E-state index in [0.717, 1.165) is 26.2 Å². The van der Waals surface area contributed by atoms with Crippen LogP contribution in [0.5, 0.6) is 0 Å². The number of benzene rings is 1. The van der Waals surface area contributed by atoms with Gasteiger partial charge in [0, 0.05) is 31.9 Å². The van der Waals surface area contributed by atoms with Gasteiger partial charge in [-0.3, -0.25) is 9.69 Å². The minimum absolute atomic E-state index is 0.130. The van der Waals surface area contributed by atoms with Crippen molar-refractivity contribution in [3.63, 3.8) is 0 Å². The normalized spacial score (nSPS) is 16.6. The Balaban J connectivity index is 1.99. The van der Waals surface area contributed by atoms with Crippen molar-refractivity contribution in [2.75, 3.05) is 45.1 Å². The molecule has 21 heavy (non-hydrogen) atoms. The molecule has 0 aromatic heterocycles. The minimum Gasteiger partial charge on any atom is -0.325 e. The topological polar surface area (TPSA) is 90.5 Å². The van der Waals surface area contributed by atoms with Crippen LogP contribution < -0.4 is 15.4 Å². The molecule has 1 aromatic carbocycles. The summed E-state index contributed by atoms with van der Waals surface area (Å²) in [6.45, 7) is 3.74. The Kier molecular flexibility index (Phi) is 5.29. The molecule has 0 aliphatic carbocycles. The van der Waals surface area contributed by atoms with E-state index in [1.807, 2.05) is 0 Å². The van der Waals surface area contributed by atoms with E-state index >= 15 is 0 Å². The van der Waals surface area contributed by atoms with E-state index in [9.17, 15) is 13.2 Å². The van der Waals surface area contributed by atoms with E-state index in [1.54, 1.807) is 12.1 Å². The molecule has 0 bridgehead atoms. The van der Waals surface area contributed by atoms with Crippen molar-refractivity contribution in [3.05, 3.63) is 24.3 Å².